The van der Waals surface area contributed by atoms with Gasteiger partial charge in [-0.1, -0.05) is 6.07 Å². The molecule has 0 bridgehead atoms. The van der Waals surface area contributed by atoms with E-state index in [1.165, 1.54) is 12.8 Å². The third-order valence-electron chi connectivity index (χ3n) is 4.04. The van der Waals surface area contributed by atoms with Crippen molar-refractivity contribution in [3.8, 4) is 0 Å². The Kier molecular flexibility index (Phi) is 4.40. The lowest BCUT2D eigenvalue weighted by atomic mass is 10.0. The van der Waals surface area contributed by atoms with Crippen LogP contribution in [0, 0.1) is 0 Å². The summed E-state index contributed by atoms with van der Waals surface area (Å²) in [5.74, 6) is 0.980. The van der Waals surface area contributed by atoms with Crippen LogP contribution in [0.15, 0.2) is 42.7 Å². The minimum Gasteiger partial charge on any atom is -0.354 e. The summed E-state index contributed by atoms with van der Waals surface area (Å²) >= 11 is 0. The van der Waals surface area contributed by atoms with Crippen molar-refractivity contribution < 1.29 is 0 Å². The molecule has 0 spiro atoms. The van der Waals surface area contributed by atoms with Crippen LogP contribution in [-0.2, 0) is 6.54 Å². The SMILES string of the molecule is CN(Cc1ccccn1)C1CCCN(c2cccnn2)C1. The van der Waals surface area contributed by atoms with Crippen molar-refractivity contribution in [2.75, 3.05) is 25.0 Å². The number of piperidine rings is 1. The normalized spacial score (nSPS) is 19.0. The smallest absolute Gasteiger partial charge is 0.151 e. The molecule has 1 aliphatic rings. The molecular formula is C16H21N5. The summed E-state index contributed by atoms with van der Waals surface area (Å²) in [5.41, 5.74) is 1.12. The highest BCUT2D eigenvalue weighted by atomic mass is 15.3. The largest absolute Gasteiger partial charge is 0.354 e. The number of likely N-dealkylation sites (N-methyl/N-ethyl adjacent to an activating group) is 1. The molecule has 21 heavy (non-hydrogen) atoms. The van der Waals surface area contributed by atoms with E-state index in [1.54, 1.807) is 6.20 Å². The van der Waals surface area contributed by atoms with E-state index in [-0.39, 0.29) is 0 Å². The van der Waals surface area contributed by atoms with Crippen LogP contribution in [0.5, 0.6) is 0 Å². The number of aromatic nitrogens is 3. The molecule has 0 aromatic carbocycles. The lowest BCUT2D eigenvalue weighted by molar-refractivity contribution is 0.205. The van der Waals surface area contributed by atoms with Gasteiger partial charge in [0.15, 0.2) is 5.82 Å². The third-order valence-corrected chi connectivity index (χ3v) is 4.04. The summed E-state index contributed by atoms with van der Waals surface area (Å²) < 4.78 is 0. The zero-order chi connectivity index (χ0) is 14.5. The number of hydrogen-bond acceptors (Lipinski definition) is 5. The highest BCUT2D eigenvalue weighted by Crippen LogP contribution is 2.20. The molecule has 0 saturated carbocycles. The number of anilines is 1. The average Bonchev–Trinajstić information content (AvgIpc) is 2.57. The first-order chi connectivity index (χ1) is 10.3. The number of pyridine rings is 1. The summed E-state index contributed by atoms with van der Waals surface area (Å²) in [5, 5.41) is 8.21. The molecule has 3 rings (SSSR count). The minimum absolute atomic E-state index is 0.530. The molecule has 1 aliphatic heterocycles. The van der Waals surface area contributed by atoms with Gasteiger partial charge in [-0.15, -0.1) is 5.10 Å². The molecule has 0 amide bonds. The fourth-order valence-corrected chi connectivity index (χ4v) is 2.86. The quantitative estimate of drug-likeness (QED) is 0.858. The van der Waals surface area contributed by atoms with Gasteiger partial charge in [0, 0.05) is 38.1 Å². The van der Waals surface area contributed by atoms with Crippen LogP contribution in [-0.4, -0.2) is 46.3 Å². The molecule has 1 fully saturated rings. The Morgan fingerprint density at radius 1 is 1.24 bits per heavy atom. The maximum Gasteiger partial charge on any atom is 0.151 e. The summed E-state index contributed by atoms with van der Waals surface area (Å²) in [6.07, 6.45) is 5.99. The summed E-state index contributed by atoms with van der Waals surface area (Å²) in [6, 6.07) is 10.6. The summed E-state index contributed by atoms with van der Waals surface area (Å²) in [7, 11) is 2.18. The van der Waals surface area contributed by atoms with Crippen molar-refractivity contribution in [2.45, 2.75) is 25.4 Å². The Labute approximate surface area is 125 Å². The lowest BCUT2D eigenvalue weighted by Gasteiger charge is -2.37. The molecule has 5 heteroatoms. The summed E-state index contributed by atoms with van der Waals surface area (Å²) in [6.45, 7) is 2.95. The van der Waals surface area contributed by atoms with Crippen molar-refractivity contribution in [3.05, 3.63) is 48.4 Å². The van der Waals surface area contributed by atoms with Gasteiger partial charge in [-0.05, 0) is 44.2 Å². The zero-order valence-electron chi connectivity index (χ0n) is 12.4. The van der Waals surface area contributed by atoms with Gasteiger partial charge in [-0.25, -0.2) is 0 Å². The predicted octanol–water partition coefficient (Wildman–Crippen LogP) is 1.97. The van der Waals surface area contributed by atoms with Crippen molar-refractivity contribution in [1.82, 2.24) is 20.1 Å². The van der Waals surface area contributed by atoms with Gasteiger partial charge >= 0.3 is 0 Å². The molecule has 1 atom stereocenters. The van der Waals surface area contributed by atoms with Gasteiger partial charge in [0.25, 0.3) is 0 Å². The van der Waals surface area contributed by atoms with E-state index in [9.17, 15) is 0 Å². The molecule has 110 valence electrons. The van der Waals surface area contributed by atoms with Gasteiger partial charge in [0.2, 0.25) is 0 Å². The first-order valence-electron chi connectivity index (χ1n) is 7.46. The first-order valence-corrected chi connectivity index (χ1v) is 7.46. The molecule has 5 nitrogen and oxygen atoms in total. The molecule has 3 heterocycles. The van der Waals surface area contributed by atoms with E-state index in [0.29, 0.717) is 6.04 Å². The monoisotopic (exact) mass is 283 g/mol. The average molecular weight is 283 g/mol. The molecule has 2 aromatic rings. The van der Waals surface area contributed by atoms with Gasteiger partial charge in [0.1, 0.15) is 0 Å². The molecular weight excluding hydrogens is 262 g/mol. The van der Waals surface area contributed by atoms with Crippen LogP contribution in [0.25, 0.3) is 0 Å². The Bertz CT molecular complexity index is 545. The Morgan fingerprint density at radius 3 is 2.95 bits per heavy atom. The topological polar surface area (TPSA) is 45.2 Å². The Balaban J connectivity index is 1.63. The maximum absolute atomic E-state index is 4.41. The van der Waals surface area contributed by atoms with Crippen LogP contribution in [0.4, 0.5) is 5.82 Å². The number of nitrogens with zero attached hydrogens (tertiary/aromatic N) is 5. The Morgan fingerprint density at radius 2 is 2.19 bits per heavy atom. The second-order valence-electron chi connectivity index (χ2n) is 5.56. The Hall–Kier alpha value is -2.01. The van der Waals surface area contributed by atoms with Gasteiger partial charge in [-0.2, -0.15) is 5.10 Å². The van der Waals surface area contributed by atoms with Crippen LogP contribution in [0.1, 0.15) is 18.5 Å². The van der Waals surface area contributed by atoms with Crippen LogP contribution in [0.2, 0.25) is 0 Å². The standard InChI is InChI=1S/C16H21N5/c1-20(12-14-6-2-3-9-17-14)15-7-5-11-21(13-15)16-8-4-10-18-19-16/h2-4,6,8-10,15H,5,7,11-13H2,1H3. The summed E-state index contributed by atoms with van der Waals surface area (Å²) in [4.78, 5) is 9.14. The van der Waals surface area contributed by atoms with Gasteiger partial charge in [0.05, 0.1) is 5.69 Å². The molecule has 2 aromatic heterocycles. The predicted molar refractivity (Wildman–Crippen MR) is 83.0 cm³/mol. The van der Waals surface area contributed by atoms with Crippen molar-refractivity contribution in [1.29, 1.82) is 0 Å². The maximum atomic E-state index is 4.41. The van der Waals surface area contributed by atoms with E-state index in [4.69, 9.17) is 0 Å². The third kappa shape index (κ3) is 3.55. The van der Waals surface area contributed by atoms with Crippen LogP contribution < -0.4 is 4.90 Å². The fourth-order valence-electron chi connectivity index (χ4n) is 2.86. The first kappa shape index (κ1) is 13.9. The number of hydrogen-bond donors (Lipinski definition) is 0. The van der Waals surface area contributed by atoms with E-state index < -0.39 is 0 Å². The fraction of sp³-hybridized carbons (Fsp3) is 0.438. The highest BCUT2D eigenvalue weighted by Gasteiger charge is 2.24. The van der Waals surface area contributed by atoms with Crippen molar-refractivity contribution in [3.63, 3.8) is 0 Å². The lowest BCUT2D eigenvalue weighted by Crippen LogP contribution is -2.46. The van der Waals surface area contributed by atoms with E-state index in [0.717, 1.165) is 31.1 Å². The van der Waals surface area contributed by atoms with Gasteiger partial charge in [-0.3, -0.25) is 9.88 Å². The molecule has 0 aliphatic carbocycles. The van der Waals surface area contributed by atoms with Crippen LogP contribution >= 0.6 is 0 Å². The van der Waals surface area contributed by atoms with E-state index in [2.05, 4.69) is 38.1 Å². The molecule has 0 radical (unpaired) electrons. The highest BCUT2D eigenvalue weighted by molar-refractivity contribution is 5.37. The van der Waals surface area contributed by atoms with Crippen molar-refractivity contribution in [2.24, 2.45) is 0 Å². The molecule has 1 unspecified atom stereocenters. The second kappa shape index (κ2) is 6.63. The van der Waals surface area contributed by atoms with E-state index >= 15 is 0 Å². The van der Waals surface area contributed by atoms with Gasteiger partial charge < -0.3 is 4.90 Å². The van der Waals surface area contributed by atoms with E-state index in [1.807, 2.05) is 30.5 Å². The van der Waals surface area contributed by atoms with Crippen molar-refractivity contribution >= 4 is 5.82 Å². The molecule has 0 N–H and O–H groups in total. The molecule has 1 saturated heterocycles. The number of rotatable bonds is 4. The minimum atomic E-state index is 0.530. The second-order valence-corrected chi connectivity index (χ2v) is 5.56. The zero-order valence-corrected chi connectivity index (χ0v) is 12.4. The van der Waals surface area contributed by atoms with Crippen LogP contribution in [0.3, 0.4) is 0 Å².